The molecule has 0 saturated carbocycles. The summed E-state index contributed by atoms with van der Waals surface area (Å²) < 4.78 is 4.93. The van der Waals surface area contributed by atoms with Crippen molar-refractivity contribution in [3.05, 3.63) is 30.1 Å². The number of pyridine rings is 1. The SMILES string of the molecule is COc1ccc(Nc2[nH]ncc2C(N)=O)cn1. The summed E-state index contributed by atoms with van der Waals surface area (Å²) >= 11 is 0. The molecule has 1 amide bonds. The minimum Gasteiger partial charge on any atom is -0.481 e. The van der Waals surface area contributed by atoms with Crippen molar-refractivity contribution in [3.8, 4) is 5.88 Å². The third-order valence-corrected chi connectivity index (χ3v) is 2.12. The molecule has 7 heteroatoms. The largest absolute Gasteiger partial charge is 0.481 e. The molecule has 2 aromatic rings. The Morgan fingerprint density at radius 3 is 2.88 bits per heavy atom. The summed E-state index contributed by atoms with van der Waals surface area (Å²) in [6.07, 6.45) is 2.94. The lowest BCUT2D eigenvalue weighted by Crippen LogP contribution is -2.12. The molecule has 0 aliphatic carbocycles. The topological polar surface area (TPSA) is 106 Å². The lowest BCUT2D eigenvalue weighted by molar-refractivity contribution is 0.100. The van der Waals surface area contributed by atoms with Crippen molar-refractivity contribution in [1.82, 2.24) is 15.2 Å². The maximum Gasteiger partial charge on any atom is 0.254 e. The van der Waals surface area contributed by atoms with Crippen molar-refractivity contribution in [3.63, 3.8) is 0 Å². The molecule has 0 radical (unpaired) electrons. The average Bonchev–Trinajstić information content (AvgIpc) is 2.78. The van der Waals surface area contributed by atoms with E-state index in [2.05, 4.69) is 20.5 Å². The number of primary amides is 1. The van der Waals surface area contributed by atoms with Crippen LogP contribution in [-0.2, 0) is 0 Å². The summed E-state index contributed by atoms with van der Waals surface area (Å²) in [5, 5.41) is 9.33. The van der Waals surface area contributed by atoms with Gasteiger partial charge in [0.25, 0.3) is 5.91 Å². The number of rotatable bonds is 4. The van der Waals surface area contributed by atoms with Gasteiger partial charge in [-0.25, -0.2) is 4.98 Å². The predicted octanol–water partition coefficient (Wildman–Crippen LogP) is 0.656. The lowest BCUT2D eigenvalue weighted by Gasteiger charge is -2.05. The molecule has 4 N–H and O–H groups in total. The monoisotopic (exact) mass is 233 g/mol. The first kappa shape index (κ1) is 10.9. The first-order valence-electron chi connectivity index (χ1n) is 4.81. The van der Waals surface area contributed by atoms with Gasteiger partial charge in [-0.15, -0.1) is 0 Å². The molecule has 0 saturated heterocycles. The molecule has 7 nitrogen and oxygen atoms in total. The second-order valence-electron chi connectivity index (χ2n) is 3.24. The Kier molecular flexibility index (Phi) is 2.91. The van der Waals surface area contributed by atoms with Crippen LogP contribution < -0.4 is 15.8 Å². The lowest BCUT2D eigenvalue weighted by atomic mass is 10.3. The fraction of sp³-hybridized carbons (Fsp3) is 0.100. The van der Waals surface area contributed by atoms with Crippen molar-refractivity contribution >= 4 is 17.4 Å². The van der Waals surface area contributed by atoms with Crippen LogP contribution in [0, 0.1) is 0 Å². The van der Waals surface area contributed by atoms with Gasteiger partial charge < -0.3 is 15.8 Å². The number of methoxy groups -OCH3 is 1. The minimum atomic E-state index is -0.553. The van der Waals surface area contributed by atoms with Gasteiger partial charge >= 0.3 is 0 Å². The van der Waals surface area contributed by atoms with Crippen LogP contribution in [0.15, 0.2) is 24.5 Å². The van der Waals surface area contributed by atoms with E-state index >= 15 is 0 Å². The second-order valence-corrected chi connectivity index (χ2v) is 3.24. The van der Waals surface area contributed by atoms with E-state index < -0.39 is 5.91 Å². The smallest absolute Gasteiger partial charge is 0.254 e. The normalized spacial score (nSPS) is 9.94. The molecule has 0 unspecified atom stereocenters. The van der Waals surface area contributed by atoms with E-state index in [4.69, 9.17) is 10.5 Å². The molecular weight excluding hydrogens is 222 g/mol. The van der Waals surface area contributed by atoms with Gasteiger partial charge in [0.05, 0.1) is 25.2 Å². The van der Waals surface area contributed by atoms with Gasteiger partial charge in [-0.1, -0.05) is 0 Å². The molecule has 0 aliphatic rings. The number of carbonyl (C=O) groups is 1. The number of nitrogens with two attached hydrogens (primary N) is 1. The van der Waals surface area contributed by atoms with E-state index in [0.29, 0.717) is 22.9 Å². The highest BCUT2D eigenvalue weighted by molar-refractivity contribution is 5.97. The summed E-state index contributed by atoms with van der Waals surface area (Å²) in [5.74, 6) is 0.391. The Labute approximate surface area is 97.0 Å². The van der Waals surface area contributed by atoms with E-state index in [1.54, 1.807) is 18.3 Å². The van der Waals surface area contributed by atoms with E-state index in [0.717, 1.165) is 0 Å². The van der Waals surface area contributed by atoms with Crippen LogP contribution in [0.5, 0.6) is 5.88 Å². The number of nitrogens with one attached hydrogen (secondary N) is 2. The van der Waals surface area contributed by atoms with E-state index in [1.165, 1.54) is 13.3 Å². The average molecular weight is 233 g/mol. The van der Waals surface area contributed by atoms with Crippen LogP contribution in [0.4, 0.5) is 11.5 Å². The van der Waals surface area contributed by atoms with Crippen LogP contribution in [-0.4, -0.2) is 28.2 Å². The van der Waals surface area contributed by atoms with Crippen molar-refractivity contribution in [1.29, 1.82) is 0 Å². The molecule has 17 heavy (non-hydrogen) atoms. The van der Waals surface area contributed by atoms with Crippen molar-refractivity contribution in [2.24, 2.45) is 5.73 Å². The molecule has 0 aromatic carbocycles. The molecule has 0 aliphatic heterocycles. The van der Waals surface area contributed by atoms with Crippen molar-refractivity contribution < 1.29 is 9.53 Å². The predicted molar refractivity (Wildman–Crippen MR) is 61.2 cm³/mol. The molecule has 2 rings (SSSR count). The van der Waals surface area contributed by atoms with Gasteiger partial charge in [0.1, 0.15) is 11.4 Å². The number of aromatic nitrogens is 3. The Hall–Kier alpha value is -2.57. The first-order valence-corrected chi connectivity index (χ1v) is 4.81. The summed E-state index contributed by atoms with van der Waals surface area (Å²) in [7, 11) is 1.54. The fourth-order valence-electron chi connectivity index (χ4n) is 1.29. The van der Waals surface area contributed by atoms with Crippen LogP contribution in [0.3, 0.4) is 0 Å². The van der Waals surface area contributed by atoms with Gasteiger partial charge in [0.15, 0.2) is 0 Å². The zero-order chi connectivity index (χ0) is 12.3. The highest BCUT2D eigenvalue weighted by Gasteiger charge is 2.10. The quantitative estimate of drug-likeness (QED) is 0.719. The summed E-state index contributed by atoms with van der Waals surface area (Å²) in [6.45, 7) is 0. The van der Waals surface area contributed by atoms with Gasteiger partial charge in [0.2, 0.25) is 5.88 Å². The Balaban J connectivity index is 2.19. The van der Waals surface area contributed by atoms with Crippen molar-refractivity contribution in [2.45, 2.75) is 0 Å². The standard InChI is InChI=1S/C10H11N5O2/c1-17-8-3-2-6(4-12-8)14-10-7(9(11)16)5-13-15-10/h2-5H,1H3,(H2,11,16)(H2,13,14,15). The van der Waals surface area contributed by atoms with E-state index in [1.807, 2.05) is 0 Å². The minimum absolute atomic E-state index is 0.292. The Morgan fingerprint density at radius 2 is 2.29 bits per heavy atom. The molecule has 0 fully saturated rings. The number of nitrogens with zero attached hydrogens (tertiary/aromatic N) is 2. The van der Waals surface area contributed by atoms with Gasteiger partial charge in [-0.05, 0) is 6.07 Å². The van der Waals surface area contributed by atoms with Crippen LogP contribution in [0.25, 0.3) is 0 Å². The number of H-pyrrole nitrogens is 1. The molecular formula is C10H11N5O2. The van der Waals surface area contributed by atoms with Crippen LogP contribution in [0.2, 0.25) is 0 Å². The zero-order valence-electron chi connectivity index (χ0n) is 9.10. The van der Waals surface area contributed by atoms with Gasteiger partial charge in [-0.3, -0.25) is 9.89 Å². The molecule has 0 spiro atoms. The van der Waals surface area contributed by atoms with E-state index in [-0.39, 0.29) is 0 Å². The summed E-state index contributed by atoms with van der Waals surface area (Å²) in [6, 6.07) is 3.46. The van der Waals surface area contributed by atoms with Crippen molar-refractivity contribution in [2.75, 3.05) is 12.4 Å². The number of anilines is 2. The molecule has 2 heterocycles. The number of amides is 1. The highest BCUT2D eigenvalue weighted by Crippen LogP contribution is 2.18. The molecule has 2 aromatic heterocycles. The summed E-state index contributed by atoms with van der Waals surface area (Å²) in [5.41, 5.74) is 6.17. The number of ether oxygens (including phenoxy) is 1. The van der Waals surface area contributed by atoms with Gasteiger partial charge in [0, 0.05) is 6.07 Å². The molecule has 88 valence electrons. The third-order valence-electron chi connectivity index (χ3n) is 2.12. The van der Waals surface area contributed by atoms with E-state index in [9.17, 15) is 4.79 Å². The van der Waals surface area contributed by atoms with Crippen LogP contribution >= 0.6 is 0 Å². The number of carbonyl (C=O) groups excluding carboxylic acids is 1. The number of aromatic amines is 1. The highest BCUT2D eigenvalue weighted by atomic mass is 16.5. The van der Waals surface area contributed by atoms with Crippen LogP contribution in [0.1, 0.15) is 10.4 Å². The number of hydrogen-bond acceptors (Lipinski definition) is 5. The second kappa shape index (κ2) is 4.52. The Morgan fingerprint density at radius 1 is 1.47 bits per heavy atom. The first-order chi connectivity index (χ1) is 8.20. The molecule has 0 atom stereocenters. The summed E-state index contributed by atoms with van der Waals surface area (Å²) in [4.78, 5) is 15.1. The third kappa shape index (κ3) is 2.33. The Bertz CT molecular complexity index is 520. The fourth-order valence-corrected chi connectivity index (χ4v) is 1.29. The molecule has 0 bridgehead atoms. The van der Waals surface area contributed by atoms with Gasteiger partial charge in [-0.2, -0.15) is 5.10 Å². The maximum absolute atomic E-state index is 11.1. The maximum atomic E-state index is 11.1. The zero-order valence-corrected chi connectivity index (χ0v) is 9.10. The number of hydrogen-bond donors (Lipinski definition) is 3.